The van der Waals surface area contributed by atoms with Crippen molar-refractivity contribution >= 4 is 51.8 Å². The number of β-amino-alcohol motifs (C(OH)–C–C–N with tert-alkyl or cyclic N) is 1. The minimum atomic E-state index is -0.670. The summed E-state index contributed by atoms with van der Waals surface area (Å²) in [5.41, 5.74) is 9.68. The van der Waals surface area contributed by atoms with Gasteiger partial charge < -0.3 is 29.9 Å². The zero-order valence-corrected chi connectivity index (χ0v) is 42.3. The number of thiazole rings is 1. The van der Waals surface area contributed by atoms with Crippen LogP contribution in [-0.2, 0) is 16.1 Å². The van der Waals surface area contributed by atoms with Gasteiger partial charge in [0.1, 0.15) is 29.4 Å². The number of likely N-dealkylation sites (tertiary alicyclic amines) is 2. The van der Waals surface area contributed by atoms with Gasteiger partial charge in [0.05, 0.1) is 40.4 Å². The number of nitrogens with one attached hydrogen (secondary N) is 2. The number of carbonyl (C=O) groups is 2. The number of aliphatic hydroxyl groups is 1. The summed E-state index contributed by atoms with van der Waals surface area (Å²) in [5, 5.41) is 32.3. The number of aliphatic hydroxyl groups excluding tert-OH is 1. The van der Waals surface area contributed by atoms with Crippen LogP contribution in [0.1, 0.15) is 102 Å². The lowest BCUT2D eigenvalue weighted by Gasteiger charge is -2.32. The summed E-state index contributed by atoms with van der Waals surface area (Å²) in [7, 11) is 0. The summed E-state index contributed by atoms with van der Waals surface area (Å²) in [6.07, 6.45) is 1.45. The third kappa shape index (κ3) is 10.4. The van der Waals surface area contributed by atoms with Gasteiger partial charge in [-0.2, -0.15) is 0 Å². The minimum Gasteiger partial charge on any atom is -0.474 e. The largest absolute Gasteiger partial charge is 0.474 e. The van der Waals surface area contributed by atoms with Crippen LogP contribution in [0.4, 0.5) is 0 Å². The Morgan fingerprint density at radius 1 is 1.03 bits per heavy atom. The Kier molecular flexibility index (Phi) is 14.5. The molecule has 3 aliphatic heterocycles. The van der Waals surface area contributed by atoms with Crippen molar-refractivity contribution < 1.29 is 24.0 Å². The summed E-state index contributed by atoms with van der Waals surface area (Å²) in [5.74, 6) is 1.17. The normalized spacial score (nSPS) is 18.9. The topological polar surface area (TPSA) is 176 Å². The molecule has 15 nitrogen and oxygen atoms in total. The number of carbonyl (C=O) groups excluding carboxylic acids is 2. The fraction of sp³-hybridized carbons (Fsp3) is 0.431. The van der Waals surface area contributed by atoms with Gasteiger partial charge in [-0.25, -0.2) is 4.98 Å². The van der Waals surface area contributed by atoms with Gasteiger partial charge in [-0.3, -0.25) is 24.0 Å². The molecule has 0 radical (unpaired) electrons. The number of aromatic nitrogens is 5. The maximum atomic E-state index is 14.3. The van der Waals surface area contributed by atoms with E-state index in [0.29, 0.717) is 54.3 Å². The third-order valence-corrected chi connectivity index (χ3v) is 16.0. The van der Waals surface area contributed by atoms with Crippen LogP contribution in [0.25, 0.3) is 15.4 Å². The van der Waals surface area contributed by atoms with Crippen molar-refractivity contribution in [1.82, 2.24) is 45.3 Å². The summed E-state index contributed by atoms with van der Waals surface area (Å²) < 4.78 is 13.9. The minimum absolute atomic E-state index is 0.0239. The molecule has 0 unspecified atom stereocenters. The van der Waals surface area contributed by atoms with Crippen molar-refractivity contribution in [2.75, 3.05) is 32.8 Å². The van der Waals surface area contributed by atoms with Crippen LogP contribution in [0.15, 0.2) is 81.9 Å². The lowest BCUT2D eigenvalue weighted by molar-refractivity contribution is -0.135. The quantitative estimate of drug-likeness (QED) is 0.0851. The number of benzene rings is 2. The van der Waals surface area contributed by atoms with Gasteiger partial charge >= 0.3 is 0 Å². The van der Waals surface area contributed by atoms with Crippen molar-refractivity contribution in [2.45, 2.75) is 104 Å². The molecule has 4 atom stereocenters. The molecule has 2 amide bonds. The number of nitrogens with zero attached hydrogens (tertiary/aromatic N) is 8. The SMILES string of the molecule is C=C(NCc1ccc(-c2scnc2C)cc1)[C@@H]1C[C@@H](O)CN1C(=O)[C@@H](c1cc(OCCN2CCC(NC(=O)C[C@@H]3N=C(c4ccc(Cl)cc4)c4c(sc(C)c4C)-n4c(C)nnc43)CC2)no1)C(C)C. The molecule has 4 aromatic heterocycles. The highest BCUT2D eigenvalue weighted by Crippen LogP contribution is 2.40. The Morgan fingerprint density at radius 3 is 2.48 bits per heavy atom. The van der Waals surface area contributed by atoms with Crippen LogP contribution in [0.3, 0.4) is 0 Å². The van der Waals surface area contributed by atoms with E-state index in [1.807, 2.05) is 57.5 Å². The monoisotopic (exact) mass is 990 g/mol. The summed E-state index contributed by atoms with van der Waals surface area (Å²) in [6.45, 7) is 19.8. The first-order valence-electron chi connectivity index (χ1n) is 23.6. The second kappa shape index (κ2) is 20.7. The second-order valence-corrected chi connectivity index (χ2v) is 21.2. The first-order valence-corrected chi connectivity index (χ1v) is 25.7. The lowest BCUT2D eigenvalue weighted by atomic mass is 9.91. The number of piperidine rings is 1. The van der Waals surface area contributed by atoms with Gasteiger partial charge in [-0.1, -0.05) is 68.4 Å². The van der Waals surface area contributed by atoms with E-state index in [4.69, 9.17) is 25.9 Å². The van der Waals surface area contributed by atoms with E-state index in [2.05, 4.69) is 85.1 Å². The molecule has 69 heavy (non-hydrogen) atoms. The first-order chi connectivity index (χ1) is 33.2. The summed E-state index contributed by atoms with van der Waals surface area (Å²) in [4.78, 5) is 44.1. The molecule has 0 saturated carbocycles. The Balaban J connectivity index is 0.758. The lowest BCUT2D eigenvalue weighted by Crippen LogP contribution is -2.45. The molecular formula is C51H59ClN10O5S2. The van der Waals surface area contributed by atoms with Gasteiger partial charge in [-0.15, -0.1) is 32.9 Å². The highest BCUT2D eigenvalue weighted by molar-refractivity contribution is 7.15. The van der Waals surface area contributed by atoms with E-state index in [-0.39, 0.29) is 42.8 Å². The average Bonchev–Trinajstić information content (AvgIpc) is 4.17. The van der Waals surface area contributed by atoms with Crippen LogP contribution >= 0.6 is 34.3 Å². The van der Waals surface area contributed by atoms with Gasteiger partial charge in [0.2, 0.25) is 11.8 Å². The summed E-state index contributed by atoms with van der Waals surface area (Å²) in [6, 6.07) is 16.8. The Labute approximate surface area is 415 Å². The molecule has 362 valence electrons. The van der Waals surface area contributed by atoms with Crippen molar-refractivity contribution in [3.05, 3.63) is 128 Å². The van der Waals surface area contributed by atoms with E-state index in [0.717, 1.165) is 80.9 Å². The standard InChI is InChI=1S/C51H59ClN10O5S2/c1-28(2)45(50(65)61-26-39(63)22-41(61)30(4)53-25-34-8-10-36(11-9-34)48-31(5)54-27-68-48)42-24-44(59-67-42)66-21-20-60-18-16-38(17-19-60)55-43(64)23-40-49-58-57-33(7)62(49)51-46(29(3)32(6)69-51)47(56-40)35-12-14-37(52)15-13-35/h8-15,24,27-28,38-41,45,53,63H,4,16-23,25-26H2,1-3,5-7H3,(H,55,64)/t39-,40+,41+,45-/m1/s1. The number of fused-ring (bicyclic) bond motifs is 3. The smallest absolute Gasteiger partial charge is 0.254 e. The number of thiophene rings is 1. The molecule has 0 spiro atoms. The first kappa shape index (κ1) is 48.3. The van der Waals surface area contributed by atoms with Crippen molar-refractivity contribution in [3.8, 4) is 21.3 Å². The van der Waals surface area contributed by atoms with Crippen molar-refractivity contribution in [3.63, 3.8) is 0 Å². The fourth-order valence-electron chi connectivity index (χ4n) is 9.65. The predicted octanol–water partition coefficient (Wildman–Crippen LogP) is 8.27. The molecule has 18 heteroatoms. The molecule has 2 aromatic carbocycles. The number of aryl methyl sites for hydroxylation is 3. The zero-order chi connectivity index (χ0) is 48.5. The third-order valence-electron chi connectivity index (χ3n) is 13.5. The number of halogens is 1. The highest BCUT2D eigenvalue weighted by Gasteiger charge is 2.42. The van der Waals surface area contributed by atoms with Crippen LogP contribution in [-0.4, -0.2) is 108 Å². The average molecular weight is 992 g/mol. The van der Waals surface area contributed by atoms with Gasteiger partial charge in [0.15, 0.2) is 11.6 Å². The van der Waals surface area contributed by atoms with Gasteiger partial charge in [-0.05, 0) is 80.4 Å². The van der Waals surface area contributed by atoms with Crippen LogP contribution in [0.2, 0.25) is 5.02 Å². The number of rotatable bonds is 16. The van der Waals surface area contributed by atoms with E-state index in [1.165, 1.54) is 4.88 Å². The molecule has 3 N–H and O–H groups in total. The summed E-state index contributed by atoms with van der Waals surface area (Å²) >= 11 is 9.59. The number of hydrogen-bond donors (Lipinski definition) is 3. The highest BCUT2D eigenvalue weighted by atomic mass is 35.5. The Morgan fingerprint density at radius 2 is 1.77 bits per heavy atom. The number of ether oxygens (including phenoxy) is 1. The Bertz CT molecular complexity index is 2840. The van der Waals surface area contributed by atoms with Gasteiger partial charge in [0.25, 0.3) is 5.88 Å². The predicted molar refractivity (Wildman–Crippen MR) is 269 cm³/mol. The van der Waals surface area contributed by atoms with Crippen molar-refractivity contribution in [2.24, 2.45) is 10.9 Å². The van der Waals surface area contributed by atoms with Crippen LogP contribution in [0.5, 0.6) is 5.88 Å². The molecule has 3 aliphatic rings. The molecule has 9 rings (SSSR count). The van der Waals surface area contributed by atoms with E-state index < -0.39 is 18.1 Å². The second-order valence-electron chi connectivity index (χ2n) is 18.7. The molecule has 6 aromatic rings. The number of aliphatic imine (C=N–C) groups is 1. The van der Waals surface area contributed by atoms with Crippen LogP contribution < -0.4 is 15.4 Å². The van der Waals surface area contributed by atoms with E-state index in [9.17, 15) is 14.7 Å². The molecular weight excluding hydrogens is 932 g/mol. The maximum Gasteiger partial charge on any atom is 0.254 e. The van der Waals surface area contributed by atoms with Gasteiger partial charge in [0, 0.05) is 78.0 Å². The number of hydrogen-bond acceptors (Lipinski definition) is 14. The fourth-order valence-corrected chi connectivity index (χ4v) is 11.8. The maximum absolute atomic E-state index is 14.3. The van der Waals surface area contributed by atoms with Crippen molar-refractivity contribution in [1.29, 1.82) is 0 Å². The number of amides is 2. The van der Waals surface area contributed by atoms with Crippen LogP contribution in [0, 0.1) is 33.6 Å². The van der Waals surface area contributed by atoms with E-state index >= 15 is 0 Å². The zero-order valence-electron chi connectivity index (χ0n) is 39.9. The Hall–Kier alpha value is -5.72. The molecule has 0 bridgehead atoms. The molecule has 2 fully saturated rings. The molecule has 7 heterocycles. The molecule has 2 saturated heterocycles. The molecule has 0 aliphatic carbocycles. The van der Waals surface area contributed by atoms with E-state index in [1.54, 1.807) is 33.6 Å².